The van der Waals surface area contributed by atoms with Gasteiger partial charge in [0, 0.05) is 37.6 Å². The number of ether oxygens (including phenoxy) is 1. The third kappa shape index (κ3) is 5.72. The molecule has 2 aliphatic heterocycles. The average Bonchev–Trinajstić information content (AvgIpc) is 2.91. The standard InChI is InChI=1S/C14H26N2O4S2/c1-12-2-3-13(20-12)4-5-14(17)15-6-11-22(18,19)16-7-9-21-10-8-16/h12-13H,2-11H2,1H3,(H,15,17)/t12-,13-/m0/s1. The van der Waals surface area contributed by atoms with Crippen LogP contribution in [0.2, 0.25) is 0 Å². The smallest absolute Gasteiger partial charge is 0.220 e. The van der Waals surface area contributed by atoms with Gasteiger partial charge in [-0.1, -0.05) is 0 Å². The molecule has 0 aliphatic carbocycles. The molecule has 0 bridgehead atoms. The second-order valence-electron chi connectivity index (χ2n) is 5.86. The van der Waals surface area contributed by atoms with Crippen molar-refractivity contribution in [3.8, 4) is 0 Å². The van der Waals surface area contributed by atoms with E-state index >= 15 is 0 Å². The Balaban J connectivity index is 1.61. The van der Waals surface area contributed by atoms with E-state index < -0.39 is 10.0 Å². The molecule has 128 valence electrons. The number of nitrogens with zero attached hydrogens (tertiary/aromatic N) is 1. The van der Waals surface area contributed by atoms with Gasteiger partial charge in [-0.05, 0) is 26.2 Å². The SMILES string of the molecule is C[C@H]1CC[C@@H](CCC(=O)NCCS(=O)(=O)N2CCSCC2)O1. The minimum atomic E-state index is -3.24. The topological polar surface area (TPSA) is 75.7 Å². The van der Waals surface area contributed by atoms with Crippen LogP contribution < -0.4 is 5.32 Å². The summed E-state index contributed by atoms with van der Waals surface area (Å²) < 4.78 is 31.4. The van der Waals surface area contributed by atoms with Gasteiger partial charge in [0.15, 0.2) is 0 Å². The van der Waals surface area contributed by atoms with Crippen LogP contribution in [0.15, 0.2) is 0 Å². The maximum Gasteiger partial charge on any atom is 0.220 e. The van der Waals surface area contributed by atoms with E-state index in [-0.39, 0.29) is 24.3 Å². The molecule has 1 N–H and O–H groups in total. The molecule has 2 fully saturated rings. The maximum absolute atomic E-state index is 12.1. The molecule has 2 heterocycles. The summed E-state index contributed by atoms with van der Waals surface area (Å²) >= 11 is 1.77. The molecule has 1 amide bonds. The summed E-state index contributed by atoms with van der Waals surface area (Å²) in [5, 5.41) is 2.71. The quantitative estimate of drug-likeness (QED) is 0.736. The van der Waals surface area contributed by atoms with Gasteiger partial charge in [0.25, 0.3) is 0 Å². The molecular formula is C14H26N2O4S2. The molecule has 0 aromatic heterocycles. The zero-order valence-electron chi connectivity index (χ0n) is 13.1. The van der Waals surface area contributed by atoms with Crippen molar-refractivity contribution < 1.29 is 17.9 Å². The highest BCUT2D eigenvalue weighted by Gasteiger charge is 2.24. The van der Waals surface area contributed by atoms with Crippen molar-refractivity contribution in [3.63, 3.8) is 0 Å². The van der Waals surface area contributed by atoms with Crippen molar-refractivity contribution in [2.24, 2.45) is 0 Å². The number of sulfonamides is 1. The molecule has 8 heteroatoms. The summed E-state index contributed by atoms with van der Waals surface area (Å²) in [6.45, 7) is 3.40. The highest BCUT2D eigenvalue weighted by molar-refractivity contribution is 7.99. The van der Waals surface area contributed by atoms with Gasteiger partial charge in [0.05, 0.1) is 18.0 Å². The number of carbonyl (C=O) groups excluding carboxylic acids is 1. The van der Waals surface area contributed by atoms with Crippen LogP contribution in [0, 0.1) is 0 Å². The molecule has 0 spiro atoms. The largest absolute Gasteiger partial charge is 0.375 e. The van der Waals surface area contributed by atoms with Crippen molar-refractivity contribution in [1.29, 1.82) is 0 Å². The van der Waals surface area contributed by atoms with Crippen LogP contribution in [0.5, 0.6) is 0 Å². The highest BCUT2D eigenvalue weighted by Crippen LogP contribution is 2.22. The van der Waals surface area contributed by atoms with Crippen molar-refractivity contribution in [3.05, 3.63) is 0 Å². The van der Waals surface area contributed by atoms with Crippen molar-refractivity contribution in [1.82, 2.24) is 9.62 Å². The Labute approximate surface area is 137 Å². The average molecular weight is 351 g/mol. The summed E-state index contributed by atoms with van der Waals surface area (Å²) in [6, 6.07) is 0. The van der Waals surface area contributed by atoms with E-state index in [1.54, 1.807) is 11.8 Å². The van der Waals surface area contributed by atoms with E-state index in [1.165, 1.54) is 4.31 Å². The monoisotopic (exact) mass is 350 g/mol. The molecule has 0 saturated carbocycles. The molecule has 2 rings (SSSR count). The van der Waals surface area contributed by atoms with E-state index in [2.05, 4.69) is 5.32 Å². The fraction of sp³-hybridized carbons (Fsp3) is 0.929. The van der Waals surface area contributed by atoms with E-state index in [9.17, 15) is 13.2 Å². The van der Waals surface area contributed by atoms with Crippen LogP contribution in [0.25, 0.3) is 0 Å². The second kappa shape index (κ2) is 8.52. The lowest BCUT2D eigenvalue weighted by Crippen LogP contribution is -2.41. The number of thioether (sulfide) groups is 1. The maximum atomic E-state index is 12.1. The summed E-state index contributed by atoms with van der Waals surface area (Å²) in [4.78, 5) is 11.8. The lowest BCUT2D eigenvalue weighted by atomic mass is 10.1. The first-order valence-electron chi connectivity index (χ1n) is 7.95. The fourth-order valence-electron chi connectivity index (χ4n) is 2.75. The van der Waals surface area contributed by atoms with Crippen LogP contribution in [0.3, 0.4) is 0 Å². The van der Waals surface area contributed by atoms with Gasteiger partial charge in [-0.25, -0.2) is 12.7 Å². The Hall–Kier alpha value is -0.310. The summed E-state index contributed by atoms with van der Waals surface area (Å²) in [6.07, 6.45) is 3.65. The third-order valence-corrected chi connectivity index (χ3v) is 6.87. The predicted molar refractivity (Wildman–Crippen MR) is 88.5 cm³/mol. The number of hydrogen-bond acceptors (Lipinski definition) is 5. The van der Waals surface area contributed by atoms with Crippen LogP contribution in [-0.4, -0.2) is 67.7 Å². The first-order chi connectivity index (χ1) is 10.5. The minimum Gasteiger partial charge on any atom is -0.375 e. The molecule has 0 unspecified atom stereocenters. The summed E-state index contributed by atoms with van der Waals surface area (Å²) in [5.41, 5.74) is 0. The van der Waals surface area contributed by atoms with E-state index in [4.69, 9.17) is 4.74 Å². The van der Waals surface area contributed by atoms with Gasteiger partial charge in [-0.2, -0.15) is 11.8 Å². The van der Waals surface area contributed by atoms with Crippen LogP contribution in [0.4, 0.5) is 0 Å². The zero-order chi connectivity index (χ0) is 16.0. The molecule has 6 nitrogen and oxygen atoms in total. The lowest BCUT2D eigenvalue weighted by Gasteiger charge is -2.25. The number of amides is 1. The number of carbonyl (C=O) groups is 1. The Kier molecular flexibility index (Phi) is 6.98. The van der Waals surface area contributed by atoms with Crippen LogP contribution in [0.1, 0.15) is 32.6 Å². The van der Waals surface area contributed by atoms with Crippen molar-refractivity contribution >= 4 is 27.7 Å². The Morgan fingerprint density at radius 3 is 2.68 bits per heavy atom. The number of nitrogens with one attached hydrogen (secondary N) is 1. The number of hydrogen-bond donors (Lipinski definition) is 1. The number of rotatable bonds is 7. The summed E-state index contributed by atoms with van der Waals surface area (Å²) in [5.74, 6) is 1.60. The minimum absolute atomic E-state index is 0.0135. The van der Waals surface area contributed by atoms with Crippen molar-refractivity contribution in [2.75, 3.05) is 36.9 Å². The molecule has 0 radical (unpaired) electrons. The second-order valence-corrected chi connectivity index (χ2v) is 9.18. The first kappa shape index (κ1) is 18.0. The van der Waals surface area contributed by atoms with Gasteiger partial charge < -0.3 is 10.1 Å². The zero-order valence-corrected chi connectivity index (χ0v) is 14.8. The molecule has 2 aliphatic rings. The molecule has 0 aromatic carbocycles. The van der Waals surface area contributed by atoms with E-state index in [0.717, 1.165) is 24.3 Å². The molecule has 2 saturated heterocycles. The molecule has 0 aromatic rings. The lowest BCUT2D eigenvalue weighted by molar-refractivity contribution is -0.121. The van der Waals surface area contributed by atoms with Gasteiger partial charge in [0.1, 0.15) is 0 Å². The Morgan fingerprint density at radius 2 is 2.05 bits per heavy atom. The van der Waals surface area contributed by atoms with Gasteiger partial charge >= 0.3 is 0 Å². The van der Waals surface area contributed by atoms with Gasteiger partial charge in [0.2, 0.25) is 15.9 Å². The van der Waals surface area contributed by atoms with Crippen LogP contribution in [-0.2, 0) is 19.6 Å². The molecular weight excluding hydrogens is 324 g/mol. The van der Waals surface area contributed by atoms with Gasteiger partial charge in [-0.15, -0.1) is 0 Å². The fourth-order valence-corrected chi connectivity index (χ4v) is 5.24. The molecule has 2 atom stereocenters. The third-order valence-electron chi connectivity index (χ3n) is 4.06. The van der Waals surface area contributed by atoms with Gasteiger partial charge in [-0.3, -0.25) is 4.79 Å². The summed E-state index contributed by atoms with van der Waals surface area (Å²) in [7, 11) is -3.24. The highest BCUT2D eigenvalue weighted by atomic mass is 32.2. The first-order valence-corrected chi connectivity index (χ1v) is 10.7. The normalized spacial score (nSPS) is 27.0. The van der Waals surface area contributed by atoms with Crippen LogP contribution >= 0.6 is 11.8 Å². The Morgan fingerprint density at radius 1 is 1.32 bits per heavy atom. The Bertz CT molecular complexity index is 463. The van der Waals surface area contributed by atoms with Crippen molar-refractivity contribution in [2.45, 2.75) is 44.8 Å². The molecule has 22 heavy (non-hydrogen) atoms. The van der Waals surface area contributed by atoms with E-state index in [0.29, 0.717) is 32.0 Å². The van der Waals surface area contributed by atoms with E-state index in [1.807, 2.05) is 6.92 Å². The predicted octanol–water partition coefficient (Wildman–Crippen LogP) is 0.829.